The minimum absolute atomic E-state index is 0.148. The van der Waals surface area contributed by atoms with Crippen LogP contribution in [0.25, 0.3) is 0 Å². The predicted molar refractivity (Wildman–Crippen MR) is 84.3 cm³/mol. The third kappa shape index (κ3) is 3.83. The molecule has 1 aliphatic carbocycles. The fourth-order valence-corrected chi connectivity index (χ4v) is 3.01. The molecule has 2 aromatic rings. The number of nitrogens with one attached hydrogen (secondary N) is 1. The minimum atomic E-state index is -0.721. The third-order valence-corrected chi connectivity index (χ3v) is 4.46. The first-order valence-electron chi connectivity index (χ1n) is 8.08. The van der Waals surface area contributed by atoms with E-state index in [9.17, 15) is 13.9 Å². The van der Waals surface area contributed by atoms with Crippen molar-refractivity contribution < 1.29 is 23.0 Å². The van der Waals surface area contributed by atoms with Crippen LogP contribution < -0.4 is 5.32 Å². The van der Waals surface area contributed by atoms with Gasteiger partial charge in [-0.2, -0.15) is 0 Å². The Hall–Kier alpha value is -1.76. The summed E-state index contributed by atoms with van der Waals surface area (Å²) in [5.41, 5.74) is -0.0707. The van der Waals surface area contributed by atoms with Crippen LogP contribution in [0.5, 0.6) is 0 Å². The number of rotatable bonds is 8. The van der Waals surface area contributed by atoms with E-state index in [1.165, 1.54) is 12.1 Å². The zero-order valence-corrected chi connectivity index (χ0v) is 13.3. The Morgan fingerprint density at radius 1 is 1.29 bits per heavy atom. The van der Waals surface area contributed by atoms with Crippen LogP contribution in [0, 0.1) is 11.6 Å². The van der Waals surface area contributed by atoms with Gasteiger partial charge < -0.3 is 19.6 Å². The van der Waals surface area contributed by atoms with Crippen LogP contribution in [0.3, 0.4) is 0 Å². The molecule has 0 amide bonds. The number of hydrogen-bond acceptors (Lipinski definition) is 4. The fourth-order valence-electron chi connectivity index (χ4n) is 3.01. The van der Waals surface area contributed by atoms with Crippen LogP contribution in [0.4, 0.5) is 8.78 Å². The van der Waals surface area contributed by atoms with E-state index in [4.69, 9.17) is 9.15 Å². The van der Waals surface area contributed by atoms with Gasteiger partial charge in [-0.1, -0.05) is 6.07 Å². The molecule has 6 heteroatoms. The van der Waals surface area contributed by atoms with E-state index in [2.05, 4.69) is 5.32 Å². The summed E-state index contributed by atoms with van der Waals surface area (Å²) < 4.78 is 37.7. The molecule has 3 rings (SSSR count). The fraction of sp³-hybridized carbons (Fsp3) is 0.444. The van der Waals surface area contributed by atoms with Crippen molar-refractivity contribution in [3.63, 3.8) is 0 Å². The number of aliphatic hydroxyl groups is 1. The lowest BCUT2D eigenvalue weighted by molar-refractivity contribution is 0.0145. The lowest BCUT2D eigenvalue weighted by atomic mass is 9.71. The summed E-state index contributed by atoms with van der Waals surface area (Å²) in [5.74, 6) is -0.443. The molecule has 1 aliphatic rings. The number of aliphatic hydroxyl groups excluding tert-OH is 1. The van der Waals surface area contributed by atoms with Gasteiger partial charge >= 0.3 is 0 Å². The Labute approximate surface area is 139 Å². The summed E-state index contributed by atoms with van der Waals surface area (Å²) in [7, 11) is 0. The first kappa shape index (κ1) is 17.1. The first-order valence-corrected chi connectivity index (χ1v) is 8.08. The molecule has 0 saturated heterocycles. The molecular weight excluding hydrogens is 316 g/mol. The lowest BCUT2D eigenvalue weighted by Crippen LogP contribution is -2.51. The summed E-state index contributed by atoms with van der Waals surface area (Å²) in [5, 5.41) is 13.3. The summed E-state index contributed by atoms with van der Waals surface area (Å²) in [6, 6.07) is 7.22. The second-order valence-electron chi connectivity index (χ2n) is 6.19. The summed E-state index contributed by atoms with van der Waals surface area (Å²) in [4.78, 5) is 0. The van der Waals surface area contributed by atoms with E-state index in [0.717, 1.165) is 25.3 Å². The molecule has 1 aromatic carbocycles. The number of ether oxygens (including phenoxy) is 1. The van der Waals surface area contributed by atoms with E-state index < -0.39 is 23.3 Å². The van der Waals surface area contributed by atoms with Crippen molar-refractivity contribution in [1.82, 2.24) is 5.32 Å². The van der Waals surface area contributed by atoms with Crippen LogP contribution in [0.15, 0.2) is 41.0 Å². The maximum absolute atomic E-state index is 14.1. The highest BCUT2D eigenvalue weighted by Crippen LogP contribution is 2.42. The third-order valence-electron chi connectivity index (χ3n) is 4.46. The van der Waals surface area contributed by atoms with Gasteiger partial charge in [0.15, 0.2) is 0 Å². The summed E-state index contributed by atoms with van der Waals surface area (Å²) in [6.07, 6.45) is 3.33. The summed E-state index contributed by atoms with van der Waals surface area (Å²) >= 11 is 0. The molecule has 2 N–H and O–H groups in total. The highest BCUT2D eigenvalue weighted by Gasteiger charge is 2.40. The predicted octanol–water partition coefficient (Wildman–Crippen LogP) is 3.10. The van der Waals surface area contributed by atoms with Gasteiger partial charge in [0.25, 0.3) is 0 Å². The smallest absolute Gasteiger partial charge is 0.131 e. The zero-order chi connectivity index (χ0) is 17.0. The van der Waals surface area contributed by atoms with Gasteiger partial charge in [-0.15, -0.1) is 0 Å². The van der Waals surface area contributed by atoms with Crippen LogP contribution in [-0.4, -0.2) is 24.4 Å². The average molecular weight is 337 g/mol. The van der Waals surface area contributed by atoms with Crippen molar-refractivity contribution in [2.24, 2.45) is 0 Å². The molecule has 1 saturated carbocycles. The van der Waals surface area contributed by atoms with Crippen molar-refractivity contribution in [3.05, 3.63) is 59.6 Å². The molecule has 1 unspecified atom stereocenters. The highest BCUT2D eigenvalue weighted by atomic mass is 19.1. The Morgan fingerprint density at radius 2 is 2.12 bits per heavy atom. The Bertz CT molecular complexity index is 656. The molecule has 1 fully saturated rings. The molecule has 0 aliphatic heterocycles. The van der Waals surface area contributed by atoms with E-state index in [1.54, 1.807) is 18.4 Å². The SMILES string of the molecule is OC(CNC1(c2ccc(F)cc2F)CCC1)COCc1ccco1. The van der Waals surface area contributed by atoms with Crippen molar-refractivity contribution in [3.8, 4) is 0 Å². The molecule has 4 nitrogen and oxygen atoms in total. The highest BCUT2D eigenvalue weighted by molar-refractivity contribution is 5.29. The number of halogens is 2. The topological polar surface area (TPSA) is 54.6 Å². The monoisotopic (exact) mass is 337 g/mol. The van der Waals surface area contributed by atoms with Gasteiger partial charge in [-0.3, -0.25) is 0 Å². The molecule has 0 spiro atoms. The number of hydrogen-bond donors (Lipinski definition) is 2. The van der Waals surface area contributed by atoms with E-state index in [-0.39, 0.29) is 13.2 Å². The number of benzene rings is 1. The van der Waals surface area contributed by atoms with E-state index in [1.807, 2.05) is 0 Å². The Kier molecular flexibility index (Phi) is 5.28. The van der Waals surface area contributed by atoms with Gasteiger partial charge in [0, 0.05) is 23.7 Å². The van der Waals surface area contributed by atoms with E-state index >= 15 is 0 Å². The molecule has 1 heterocycles. The normalized spacial score (nSPS) is 17.5. The largest absolute Gasteiger partial charge is 0.467 e. The van der Waals surface area contributed by atoms with Gasteiger partial charge in [0.2, 0.25) is 0 Å². The molecule has 0 radical (unpaired) electrons. The van der Waals surface area contributed by atoms with Crippen molar-refractivity contribution in [2.75, 3.05) is 13.2 Å². The van der Waals surface area contributed by atoms with Crippen LogP contribution in [-0.2, 0) is 16.9 Å². The zero-order valence-electron chi connectivity index (χ0n) is 13.3. The second-order valence-corrected chi connectivity index (χ2v) is 6.19. The van der Waals surface area contributed by atoms with Crippen molar-refractivity contribution >= 4 is 0 Å². The molecule has 0 bridgehead atoms. The van der Waals surface area contributed by atoms with Crippen LogP contribution in [0.2, 0.25) is 0 Å². The van der Waals surface area contributed by atoms with Crippen molar-refractivity contribution in [2.45, 2.75) is 37.5 Å². The Balaban J connectivity index is 1.51. The van der Waals surface area contributed by atoms with E-state index in [0.29, 0.717) is 17.9 Å². The van der Waals surface area contributed by atoms with Crippen LogP contribution in [0.1, 0.15) is 30.6 Å². The molecule has 24 heavy (non-hydrogen) atoms. The van der Waals surface area contributed by atoms with Gasteiger partial charge in [-0.25, -0.2) is 8.78 Å². The van der Waals surface area contributed by atoms with Crippen molar-refractivity contribution in [1.29, 1.82) is 0 Å². The second kappa shape index (κ2) is 7.42. The molecular formula is C18H21F2NO3. The lowest BCUT2D eigenvalue weighted by Gasteiger charge is -2.44. The first-order chi connectivity index (χ1) is 11.6. The minimum Gasteiger partial charge on any atom is -0.467 e. The standard InChI is InChI=1S/C18H21F2NO3/c19-13-4-5-16(17(20)9-13)18(6-2-7-18)21-10-14(22)11-23-12-15-3-1-8-24-15/h1,3-5,8-9,14,21-22H,2,6-7,10-12H2. The number of furan rings is 1. The summed E-state index contributed by atoms with van der Waals surface area (Å²) in [6.45, 7) is 0.715. The molecule has 130 valence electrons. The Morgan fingerprint density at radius 3 is 2.75 bits per heavy atom. The van der Waals surface area contributed by atoms with Gasteiger partial charge in [-0.05, 0) is 37.5 Å². The van der Waals surface area contributed by atoms with Gasteiger partial charge in [0.1, 0.15) is 24.0 Å². The van der Waals surface area contributed by atoms with Crippen LogP contribution >= 0.6 is 0 Å². The average Bonchev–Trinajstić information content (AvgIpc) is 3.01. The maximum atomic E-state index is 14.1. The molecule has 1 atom stereocenters. The molecule has 1 aromatic heterocycles. The maximum Gasteiger partial charge on any atom is 0.131 e. The van der Waals surface area contributed by atoms with Gasteiger partial charge in [0.05, 0.1) is 19.0 Å². The quantitative estimate of drug-likeness (QED) is 0.777.